The summed E-state index contributed by atoms with van der Waals surface area (Å²) in [5.74, 6) is 0.725. The van der Waals surface area contributed by atoms with Crippen molar-refractivity contribution in [2.75, 3.05) is 18.0 Å². The third kappa shape index (κ3) is 4.58. The first-order chi connectivity index (χ1) is 14.8. The summed E-state index contributed by atoms with van der Waals surface area (Å²) in [5, 5.41) is 9.75. The quantitative estimate of drug-likeness (QED) is 0.464. The fourth-order valence-corrected chi connectivity index (χ4v) is 5.68. The Balaban J connectivity index is 2.25. The number of rotatable bonds is 6. The molecule has 0 unspecified atom stereocenters. The number of carbonyl (C=O) groups is 1. The van der Waals surface area contributed by atoms with Crippen LogP contribution in [0.5, 0.6) is 0 Å². The van der Waals surface area contributed by atoms with E-state index in [1.54, 1.807) is 9.47 Å². The lowest BCUT2D eigenvalue weighted by Crippen LogP contribution is -2.37. The van der Waals surface area contributed by atoms with Crippen molar-refractivity contribution in [3.63, 3.8) is 0 Å². The fourth-order valence-electron chi connectivity index (χ4n) is 4.17. The minimum Gasteiger partial charge on any atom is -0.357 e. The van der Waals surface area contributed by atoms with Crippen LogP contribution in [0.2, 0.25) is 0 Å². The second-order valence-electron chi connectivity index (χ2n) is 8.35. The van der Waals surface area contributed by atoms with E-state index in [4.69, 9.17) is 12.2 Å². The van der Waals surface area contributed by atoms with Gasteiger partial charge in [0.1, 0.15) is 21.8 Å². The molecule has 1 amide bonds. The molecule has 0 bridgehead atoms. The predicted octanol–water partition coefficient (Wildman–Crippen LogP) is 4.43. The molecule has 8 heteroatoms. The van der Waals surface area contributed by atoms with E-state index in [0.29, 0.717) is 21.3 Å². The number of hydrogen-bond acceptors (Lipinski definition) is 6. The van der Waals surface area contributed by atoms with Gasteiger partial charge in [-0.15, -0.1) is 0 Å². The number of hydrogen-bond donors (Lipinski definition) is 0. The zero-order valence-corrected chi connectivity index (χ0v) is 20.4. The Morgan fingerprint density at radius 1 is 1.23 bits per heavy atom. The van der Waals surface area contributed by atoms with E-state index in [0.717, 1.165) is 50.2 Å². The topological polar surface area (TPSA) is 69.3 Å². The van der Waals surface area contributed by atoms with Gasteiger partial charge in [-0.3, -0.25) is 19.1 Å². The number of amides is 1. The Bertz CT molecular complexity index is 1010. The minimum atomic E-state index is -0.235. The van der Waals surface area contributed by atoms with Crippen molar-refractivity contribution in [3.05, 3.63) is 31.9 Å². The van der Waals surface area contributed by atoms with E-state index in [-0.39, 0.29) is 23.1 Å². The van der Waals surface area contributed by atoms with Gasteiger partial charge in [-0.25, -0.2) is 0 Å². The summed E-state index contributed by atoms with van der Waals surface area (Å²) in [6.07, 6.45) is 6.95. The van der Waals surface area contributed by atoms with Crippen LogP contribution in [0.3, 0.4) is 0 Å². The number of thiocarbonyl (C=S) groups is 1. The number of unbranched alkanes of at least 4 members (excludes halogenated alkanes) is 1. The van der Waals surface area contributed by atoms with Crippen LogP contribution in [0.1, 0.15) is 69.6 Å². The van der Waals surface area contributed by atoms with Crippen molar-refractivity contribution in [1.29, 1.82) is 5.26 Å². The summed E-state index contributed by atoms with van der Waals surface area (Å²) in [6, 6.07) is 2.09. The van der Waals surface area contributed by atoms with Crippen LogP contribution in [0.4, 0.5) is 5.82 Å². The van der Waals surface area contributed by atoms with Gasteiger partial charge in [0.2, 0.25) is 0 Å². The lowest BCUT2D eigenvalue weighted by atomic mass is 10.0. The summed E-state index contributed by atoms with van der Waals surface area (Å²) >= 11 is 6.73. The molecule has 3 rings (SSSR count). The molecule has 0 aliphatic carbocycles. The Labute approximate surface area is 193 Å². The van der Waals surface area contributed by atoms with Crippen molar-refractivity contribution < 1.29 is 4.79 Å². The largest absolute Gasteiger partial charge is 0.357 e. The molecule has 2 aliphatic rings. The SMILES string of the molecule is CCCCn1c(N2CCCCC2)c(/C=C2/SC(=S)N(C(C)C)C2=O)c(C)c(C#N)c1=O. The molecule has 166 valence electrons. The average Bonchev–Trinajstić information content (AvgIpc) is 3.03. The highest BCUT2D eigenvalue weighted by Gasteiger charge is 2.34. The molecule has 0 atom stereocenters. The van der Waals surface area contributed by atoms with Gasteiger partial charge >= 0.3 is 0 Å². The average molecular weight is 459 g/mol. The van der Waals surface area contributed by atoms with Crippen LogP contribution in [-0.2, 0) is 11.3 Å². The fraction of sp³-hybridized carbons (Fsp3) is 0.565. The van der Waals surface area contributed by atoms with Crippen LogP contribution in [-0.4, -0.2) is 38.8 Å². The van der Waals surface area contributed by atoms with E-state index < -0.39 is 0 Å². The van der Waals surface area contributed by atoms with Crippen LogP contribution in [0.15, 0.2) is 9.70 Å². The van der Waals surface area contributed by atoms with Crippen molar-refractivity contribution >= 4 is 46.1 Å². The molecular weight excluding hydrogens is 428 g/mol. The number of piperidine rings is 1. The Hall–Kier alpha value is -2.11. The third-order valence-electron chi connectivity index (χ3n) is 5.85. The highest BCUT2D eigenvalue weighted by Crippen LogP contribution is 2.37. The van der Waals surface area contributed by atoms with Crippen molar-refractivity contribution in [3.8, 4) is 6.07 Å². The monoisotopic (exact) mass is 458 g/mol. The van der Waals surface area contributed by atoms with Gasteiger partial charge in [-0.2, -0.15) is 5.26 Å². The van der Waals surface area contributed by atoms with E-state index in [1.165, 1.54) is 18.2 Å². The summed E-state index contributed by atoms with van der Waals surface area (Å²) < 4.78 is 2.30. The highest BCUT2D eigenvalue weighted by molar-refractivity contribution is 8.26. The number of thioether (sulfide) groups is 1. The van der Waals surface area contributed by atoms with E-state index >= 15 is 0 Å². The van der Waals surface area contributed by atoms with Gasteiger partial charge < -0.3 is 4.90 Å². The van der Waals surface area contributed by atoms with Gasteiger partial charge in [-0.1, -0.05) is 37.3 Å². The molecule has 0 N–H and O–H groups in total. The molecule has 2 fully saturated rings. The summed E-state index contributed by atoms with van der Waals surface area (Å²) in [5.41, 5.74) is 1.34. The van der Waals surface area contributed by atoms with E-state index in [2.05, 4.69) is 17.9 Å². The first kappa shape index (κ1) is 23.6. The smallest absolute Gasteiger partial charge is 0.270 e. The molecule has 31 heavy (non-hydrogen) atoms. The molecule has 0 aromatic carbocycles. The van der Waals surface area contributed by atoms with Crippen LogP contribution < -0.4 is 10.5 Å². The first-order valence-corrected chi connectivity index (χ1v) is 12.2. The van der Waals surface area contributed by atoms with Gasteiger partial charge in [-0.05, 0) is 58.1 Å². The Kier molecular flexibility index (Phi) is 7.60. The normalized spacial score (nSPS) is 18.4. The molecule has 0 saturated carbocycles. The standard InChI is InChI=1S/C23H30N4O2S2/c1-5-6-12-26-20(25-10-8-7-9-11-25)17(16(4)18(14-24)21(26)28)13-19-22(29)27(15(2)3)23(30)31-19/h13,15H,5-12H2,1-4H3/b19-13+. The number of anilines is 1. The third-order valence-corrected chi connectivity index (χ3v) is 7.18. The molecule has 3 heterocycles. The Morgan fingerprint density at radius 3 is 2.45 bits per heavy atom. The summed E-state index contributed by atoms with van der Waals surface area (Å²) in [4.78, 5) is 30.7. The van der Waals surface area contributed by atoms with Gasteiger partial charge in [0.05, 0.1) is 4.91 Å². The molecule has 2 aliphatic heterocycles. The zero-order valence-electron chi connectivity index (χ0n) is 18.7. The first-order valence-electron chi connectivity index (χ1n) is 11.0. The minimum absolute atomic E-state index is 0.0192. The molecule has 2 saturated heterocycles. The highest BCUT2D eigenvalue weighted by atomic mass is 32.2. The van der Waals surface area contributed by atoms with Gasteiger partial charge in [0.25, 0.3) is 11.5 Å². The maximum atomic E-state index is 13.2. The van der Waals surface area contributed by atoms with E-state index in [9.17, 15) is 14.9 Å². The lowest BCUT2D eigenvalue weighted by Gasteiger charge is -2.33. The van der Waals surface area contributed by atoms with Crippen LogP contribution in [0, 0.1) is 18.3 Å². The zero-order chi connectivity index (χ0) is 22.7. The molecule has 0 radical (unpaired) electrons. The van der Waals surface area contributed by atoms with Gasteiger partial charge in [0.15, 0.2) is 0 Å². The summed E-state index contributed by atoms with van der Waals surface area (Å²) in [6.45, 7) is 10.1. The molecule has 6 nitrogen and oxygen atoms in total. The lowest BCUT2D eigenvalue weighted by molar-refractivity contribution is -0.123. The maximum absolute atomic E-state index is 13.2. The summed E-state index contributed by atoms with van der Waals surface area (Å²) in [7, 11) is 0. The van der Waals surface area contributed by atoms with Crippen LogP contribution >= 0.6 is 24.0 Å². The molecule has 1 aromatic heterocycles. The Morgan fingerprint density at radius 2 is 1.90 bits per heavy atom. The second kappa shape index (κ2) is 10.0. The number of nitriles is 1. The number of pyridine rings is 1. The van der Waals surface area contributed by atoms with Crippen molar-refractivity contribution in [2.24, 2.45) is 0 Å². The van der Waals surface area contributed by atoms with Gasteiger partial charge in [0, 0.05) is 31.2 Å². The number of nitrogens with zero attached hydrogens (tertiary/aromatic N) is 4. The van der Waals surface area contributed by atoms with Crippen LogP contribution in [0.25, 0.3) is 6.08 Å². The molecule has 1 aromatic rings. The number of carbonyl (C=O) groups excluding carboxylic acids is 1. The van der Waals surface area contributed by atoms with E-state index in [1.807, 2.05) is 26.8 Å². The second-order valence-corrected chi connectivity index (χ2v) is 10.0. The predicted molar refractivity (Wildman–Crippen MR) is 131 cm³/mol. The molecular formula is C23H30N4O2S2. The molecule has 0 spiro atoms. The van der Waals surface area contributed by atoms with Crippen molar-refractivity contribution in [1.82, 2.24) is 9.47 Å². The maximum Gasteiger partial charge on any atom is 0.270 e. The number of aromatic nitrogens is 1. The van der Waals surface area contributed by atoms with Crippen molar-refractivity contribution in [2.45, 2.75) is 72.4 Å².